The van der Waals surface area contributed by atoms with E-state index in [1.165, 1.54) is 24.0 Å². The van der Waals surface area contributed by atoms with Crippen LogP contribution in [0, 0.1) is 6.92 Å². The Morgan fingerprint density at radius 1 is 1.19 bits per heavy atom. The average Bonchev–Trinajstić information content (AvgIpc) is 2.67. The van der Waals surface area contributed by atoms with Gasteiger partial charge in [-0.05, 0) is 63.3 Å². The Bertz CT molecular complexity index is 694. The smallest absolute Gasteiger partial charge is 0.135 e. The highest BCUT2D eigenvalue weighted by Crippen LogP contribution is 2.22. The van der Waals surface area contributed by atoms with Crippen LogP contribution in [0.2, 0.25) is 5.02 Å². The zero-order valence-corrected chi connectivity index (χ0v) is 16.6. The Kier molecular flexibility index (Phi) is 6.86. The highest BCUT2D eigenvalue weighted by molar-refractivity contribution is 6.30. The molecular formula is C21H29ClN4. The van der Waals surface area contributed by atoms with Crippen molar-refractivity contribution in [2.75, 3.05) is 24.5 Å². The van der Waals surface area contributed by atoms with E-state index >= 15 is 0 Å². The lowest BCUT2D eigenvalue weighted by Gasteiger charge is -2.34. The van der Waals surface area contributed by atoms with Crippen LogP contribution in [0.25, 0.3) is 0 Å². The molecule has 1 saturated heterocycles. The maximum Gasteiger partial charge on any atom is 0.135 e. The molecule has 1 aliphatic rings. The van der Waals surface area contributed by atoms with Gasteiger partial charge in [0.25, 0.3) is 0 Å². The van der Waals surface area contributed by atoms with Gasteiger partial charge in [0.2, 0.25) is 0 Å². The molecule has 1 aromatic heterocycles. The molecule has 0 radical (unpaired) electrons. The fourth-order valence-corrected chi connectivity index (χ4v) is 3.68. The molecule has 1 N–H and O–H groups in total. The summed E-state index contributed by atoms with van der Waals surface area (Å²) in [7, 11) is 0. The Labute approximate surface area is 162 Å². The van der Waals surface area contributed by atoms with E-state index < -0.39 is 0 Å². The summed E-state index contributed by atoms with van der Waals surface area (Å²) in [5, 5.41) is 4.54. The van der Waals surface area contributed by atoms with Crippen LogP contribution in [0.1, 0.15) is 43.1 Å². The van der Waals surface area contributed by atoms with Crippen LogP contribution in [-0.4, -0.2) is 35.6 Å². The number of hydrogen-bond donors (Lipinski definition) is 1. The Morgan fingerprint density at radius 3 is 2.62 bits per heavy atom. The number of rotatable bonds is 7. The SMILES string of the molecule is CCc1cnc(C)nc1N1CCC(NCCCc2ccc(Cl)cc2)CC1. The highest BCUT2D eigenvalue weighted by Gasteiger charge is 2.21. The molecule has 2 heterocycles. The maximum atomic E-state index is 5.93. The molecule has 0 saturated carbocycles. The number of piperidine rings is 1. The first-order chi connectivity index (χ1) is 12.7. The number of halogens is 1. The van der Waals surface area contributed by atoms with Gasteiger partial charge in [-0.15, -0.1) is 0 Å². The van der Waals surface area contributed by atoms with Gasteiger partial charge in [0.1, 0.15) is 11.6 Å². The normalized spacial score (nSPS) is 15.4. The number of hydrogen-bond acceptors (Lipinski definition) is 4. The molecule has 4 nitrogen and oxygen atoms in total. The lowest BCUT2D eigenvalue weighted by atomic mass is 10.0. The van der Waals surface area contributed by atoms with Crippen molar-refractivity contribution in [3.05, 3.63) is 52.4 Å². The van der Waals surface area contributed by atoms with Crippen molar-refractivity contribution in [3.8, 4) is 0 Å². The summed E-state index contributed by atoms with van der Waals surface area (Å²) >= 11 is 5.93. The van der Waals surface area contributed by atoms with Crippen LogP contribution in [0.3, 0.4) is 0 Å². The zero-order valence-electron chi connectivity index (χ0n) is 15.8. The lowest BCUT2D eigenvalue weighted by molar-refractivity contribution is 0.411. The van der Waals surface area contributed by atoms with Crippen LogP contribution in [0.5, 0.6) is 0 Å². The summed E-state index contributed by atoms with van der Waals surface area (Å²) in [5.41, 5.74) is 2.61. The molecule has 0 spiro atoms. The number of benzene rings is 1. The van der Waals surface area contributed by atoms with Gasteiger partial charge < -0.3 is 10.2 Å². The van der Waals surface area contributed by atoms with E-state index in [0.29, 0.717) is 6.04 Å². The van der Waals surface area contributed by atoms with Crippen LogP contribution >= 0.6 is 11.6 Å². The largest absolute Gasteiger partial charge is 0.356 e. The molecular weight excluding hydrogens is 344 g/mol. The van der Waals surface area contributed by atoms with E-state index in [1.807, 2.05) is 25.3 Å². The van der Waals surface area contributed by atoms with Crippen LogP contribution in [0.4, 0.5) is 5.82 Å². The lowest BCUT2D eigenvalue weighted by Crippen LogP contribution is -2.43. The summed E-state index contributed by atoms with van der Waals surface area (Å²) < 4.78 is 0. The number of aromatic nitrogens is 2. The minimum Gasteiger partial charge on any atom is -0.356 e. The molecule has 0 atom stereocenters. The summed E-state index contributed by atoms with van der Waals surface area (Å²) in [5.74, 6) is 2.00. The summed E-state index contributed by atoms with van der Waals surface area (Å²) in [6.07, 6.45) is 7.58. The van der Waals surface area contributed by atoms with E-state index in [-0.39, 0.29) is 0 Å². The topological polar surface area (TPSA) is 41.1 Å². The molecule has 1 aliphatic heterocycles. The van der Waals surface area contributed by atoms with Crippen LogP contribution in [0.15, 0.2) is 30.5 Å². The molecule has 0 amide bonds. The zero-order chi connectivity index (χ0) is 18.4. The quantitative estimate of drug-likeness (QED) is 0.740. The van der Waals surface area contributed by atoms with Gasteiger partial charge in [0, 0.05) is 35.9 Å². The molecule has 0 bridgehead atoms. The van der Waals surface area contributed by atoms with Gasteiger partial charge in [-0.25, -0.2) is 9.97 Å². The second-order valence-corrected chi connectivity index (χ2v) is 7.50. The van der Waals surface area contributed by atoms with Gasteiger partial charge in [0.15, 0.2) is 0 Å². The third kappa shape index (κ3) is 5.18. The fraction of sp³-hybridized carbons (Fsp3) is 0.524. The molecule has 2 aromatic rings. The summed E-state index contributed by atoms with van der Waals surface area (Å²) in [4.78, 5) is 11.5. The Balaban J connectivity index is 1.41. The van der Waals surface area contributed by atoms with E-state index in [2.05, 4.69) is 34.3 Å². The minimum atomic E-state index is 0.615. The predicted octanol–water partition coefficient (Wildman–Crippen LogP) is 4.19. The van der Waals surface area contributed by atoms with Crippen molar-refractivity contribution >= 4 is 17.4 Å². The first kappa shape index (κ1) is 19.1. The van der Waals surface area contributed by atoms with Crippen molar-refractivity contribution in [1.82, 2.24) is 15.3 Å². The second kappa shape index (κ2) is 9.33. The Hall–Kier alpha value is -1.65. The third-order valence-electron chi connectivity index (χ3n) is 5.13. The van der Waals surface area contributed by atoms with Crippen molar-refractivity contribution in [1.29, 1.82) is 0 Å². The van der Waals surface area contributed by atoms with E-state index in [4.69, 9.17) is 16.6 Å². The molecule has 0 unspecified atom stereocenters. The van der Waals surface area contributed by atoms with Crippen molar-refractivity contribution < 1.29 is 0 Å². The number of aryl methyl sites for hydroxylation is 3. The standard InChI is InChI=1S/C21H29ClN4/c1-3-18-15-24-16(2)25-21(18)26-13-10-20(11-14-26)23-12-4-5-17-6-8-19(22)9-7-17/h6-9,15,20,23H,3-5,10-14H2,1-2H3. The molecule has 3 rings (SSSR count). The first-order valence-corrected chi connectivity index (χ1v) is 10.1. The van der Waals surface area contributed by atoms with Gasteiger partial charge >= 0.3 is 0 Å². The van der Waals surface area contributed by atoms with E-state index in [0.717, 1.165) is 55.6 Å². The predicted molar refractivity (Wildman–Crippen MR) is 109 cm³/mol. The first-order valence-electron chi connectivity index (χ1n) is 9.71. The second-order valence-electron chi connectivity index (χ2n) is 7.07. The van der Waals surface area contributed by atoms with Crippen LogP contribution in [-0.2, 0) is 12.8 Å². The number of nitrogens with zero attached hydrogens (tertiary/aromatic N) is 3. The molecule has 1 aromatic carbocycles. The molecule has 0 aliphatic carbocycles. The fourth-order valence-electron chi connectivity index (χ4n) is 3.55. The summed E-state index contributed by atoms with van der Waals surface area (Å²) in [6, 6.07) is 8.80. The van der Waals surface area contributed by atoms with Gasteiger partial charge in [-0.1, -0.05) is 30.7 Å². The molecule has 140 valence electrons. The maximum absolute atomic E-state index is 5.93. The molecule has 5 heteroatoms. The Morgan fingerprint density at radius 2 is 1.92 bits per heavy atom. The van der Waals surface area contributed by atoms with Crippen LogP contribution < -0.4 is 10.2 Å². The van der Waals surface area contributed by atoms with E-state index in [1.54, 1.807) is 0 Å². The summed E-state index contributed by atoms with van der Waals surface area (Å²) in [6.45, 7) is 7.35. The molecule has 26 heavy (non-hydrogen) atoms. The van der Waals surface area contributed by atoms with Gasteiger partial charge in [0.05, 0.1) is 0 Å². The monoisotopic (exact) mass is 372 g/mol. The van der Waals surface area contributed by atoms with Gasteiger partial charge in [-0.2, -0.15) is 0 Å². The average molecular weight is 373 g/mol. The highest BCUT2D eigenvalue weighted by atomic mass is 35.5. The van der Waals surface area contributed by atoms with Gasteiger partial charge in [-0.3, -0.25) is 0 Å². The van der Waals surface area contributed by atoms with Crippen molar-refractivity contribution in [3.63, 3.8) is 0 Å². The third-order valence-corrected chi connectivity index (χ3v) is 5.38. The van der Waals surface area contributed by atoms with Crippen molar-refractivity contribution in [2.45, 2.75) is 52.0 Å². The number of nitrogens with one attached hydrogen (secondary N) is 1. The van der Waals surface area contributed by atoms with Crippen molar-refractivity contribution in [2.24, 2.45) is 0 Å². The molecule has 1 fully saturated rings. The van der Waals surface area contributed by atoms with E-state index in [9.17, 15) is 0 Å². The number of anilines is 1. The minimum absolute atomic E-state index is 0.615.